The van der Waals surface area contributed by atoms with Crippen LogP contribution in [0.15, 0.2) is 18.2 Å². The third kappa shape index (κ3) is 2.59. The van der Waals surface area contributed by atoms with Crippen molar-refractivity contribution in [2.45, 2.75) is 13.5 Å². The molecule has 0 unspecified atom stereocenters. The fraction of sp³-hybridized carbons (Fsp3) is 0.250. The summed E-state index contributed by atoms with van der Waals surface area (Å²) in [5.74, 6) is -1.14. The summed E-state index contributed by atoms with van der Waals surface area (Å²) in [7, 11) is 1.48. The Morgan fingerprint density at radius 2 is 2.26 bits per heavy atom. The summed E-state index contributed by atoms with van der Waals surface area (Å²) in [6.45, 7) is 1.98. The number of carbonyl (C=O) groups is 1. The second kappa shape index (κ2) is 5.38. The molecular weight excluding hydrogens is 270 g/mol. The van der Waals surface area contributed by atoms with Crippen LogP contribution >= 0.6 is 11.6 Å². The second-order valence-corrected chi connectivity index (χ2v) is 4.38. The molecule has 0 amide bonds. The smallest absolute Gasteiger partial charge is 0.358 e. The number of aromatic carboxylic acids is 1. The van der Waals surface area contributed by atoms with Crippen LogP contribution in [0.3, 0.4) is 0 Å². The zero-order valence-corrected chi connectivity index (χ0v) is 11.2. The Kier molecular flexibility index (Phi) is 3.82. The van der Waals surface area contributed by atoms with Crippen molar-refractivity contribution >= 4 is 17.6 Å². The van der Waals surface area contributed by atoms with Crippen LogP contribution in [0.1, 0.15) is 21.7 Å². The monoisotopic (exact) mass is 281 g/mol. The molecule has 0 saturated carbocycles. The molecule has 19 heavy (non-hydrogen) atoms. The van der Waals surface area contributed by atoms with E-state index in [0.717, 1.165) is 5.56 Å². The normalized spacial score (nSPS) is 10.7. The Morgan fingerprint density at radius 1 is 1.53 bits per heavy atom. The average molecular weight is 282 g/mol. The lowest BCUT2D eigenvalue weighted by Gasteiger charge is -2.07. The number of nitrogens with zero attached hydrogens (tertiary/aromatic N) is 3. The Balaban J connectivity index is 2.55. The summed E-state index contributed by atoms with van der Waals surface area (Å²) in [5.41, 5.74) is 1.81. The van der Waals surface area contributed by atoms with E-state index in [4.69, 9.17) is 21.4 Å². The summed E-state index contributed by atoms with van der Waals surface area (Å²) in [4.78, 5) is 11.1. The first-order valence-corrected chi connectivity index (χ1v) is 5.85. The van der Waals surface area contributed by atoms with E-state index in [2.05, 4.69) is 10.3 Å². The molecule has 1 heterocycles. The van der Waals surface area contributed by atoms with Crippen LogP contribution in [0.4, 0.5) is 0 Å². The molecule has 0 radical (unpaired) electrons. The maximum Gasteiger partial charge on any atom is 0.358 e. The number of aromatic nitrogens is 3. The predicted octanol–water partition coefficient (Wildman–Crippen LogP) is 2.07. The molecule has 100 valence electrons. The predicted molar refractivity (Wildman–Crippen MR) is 68.8 cm³/mol. The van der Waals surface area contributed by atoms with E-state index >= 15 is 0 Å². The van der Waals surface area contributed by atoms with Crippen LogP contribution in [0.25, 0.3) is 5.69 Å². The Hall–Kier alpha value is -1.92. The Bertz CT molecular complexity index is 625. The molecule has 0 aliphatic heterocycles. The van der Waals surface area contributed by atoms with Crippen molar-refractivity contribution in [1.29, 1.82) is 0 Å². The first-order chi connectivity index (χ1) is 9.04. The van der Waals surface area contributed by atoms with Gasteiger partial charge in [-0.05, 0) is 24.6 Å². The molecule has 1 N–H and O–H groups in total. The van der Waals surface area contributed by atoms with Gasteiger partial charge in [-0.3, -0.25) is 0 Å². The lowest BCUT2D eigenvalue weighted by atomic mass is 10.2. The van der Waals surface area contributed by atoms with E-state index in [0.29, 0.717) is 16.4 Å². The molecule has 2 rings (SSSR count). The van der Waals surface area contributed by atoms with Gasteiger partial charge in [0.2, 0.25) is 0 Å². The van der Waals surface area contributed by atoms with Gasteiger partial charge in [-0.25, -0.2) is 9.48 Å². The SMILES string of the molecule is COCc1c(C(=O)O)nnn1-c1ccc(C)c(Cl)c1. The van der Waals surface area contributed by atoms with Gasteiger partial charge in [-0.2, -0.15) is 0 Å². The largest absolute Gasteiger partial charge is 0.476 e. The van der Waals surface area contributed by atoms with E-state index in [9.17, 15) is 4.79 Å². The zero-order valence-electron chi connectivity index (χ0n) is 10.4. The summed E-state index contributed by atoms with van der Waals surface area (Å²) < 4.78 is 6.41. The maximum absolute atomic E-state index is 11.1. The van der Waals surface area contributed by atoms with Crippen LogP contribution in [0.5, 0.6) is 0 Å². The highest BCUT2D eigenvalue weighted by atomic mass is 35.5. The van der Waals surface area contributed by atoms with Crippen LogP contribution in [-0.4, -0.2) is 33.2 Å². The highest BCUT2D eigenvalue weighted by Gasteiger charge is 2.19. The number of hydrogen-bond acceptors (Lipinski definition) is 4. The summed E-state index contributed by atoms with van der Waals surface area (Å²) in [5, 5.41) is 17.1. The van der Waals surface area contributed by atoms with E-state index in [1.54, 1.807) is 12.1 Å². The molecule has 6 nitrogen and oxygen atoms in total. The molecule has 0 bridgehead atoms. The molecule has 0 spiro atoms. The number of carboxylic acid groups (broad SMARTS) is 1. The fourth-order valence-corrected chi connectivity index (χ4v) is 1.83. The van der Waals surface area contributed by atoms with Gasteiger partial charge in [0.15, 0.2) is 5.69 Å². The van der Waals surface area contributed by atoms with Crippen LogP contribution in [-0.2, 0) is 11.3 Å². The standard InChI is InChI=1S/C12H12ClN3O3/c1-7-3-4-8(5-9(7)13)16-10(6-19-2)11(12(17)18)14-15-16/h3-5H,6H2,1-2H3,(H,17,18). The molecule has 0 saturated heterocycles. The summed E-state index contributed by atoms with van der Waals surface area (Å²) in [6.07, 6.45) is 0. The van der Waals surface area contributed by atoms with Crippen molar-refractivity contribution < 1.29 is 14.6 Å². The summed E-state index contributed by atoms with van der Waals surface area (Å²) >= 11 is 6.05. The zero-order chi connectivity index (χ0) is 14.0. The van der Waals surface area contributed by atoms with Crippen molar-refractivity contribution in [1.82, 2.24) is 15.0 Å². The molecule has 0 atom stereocenters. The molecular formula is C12H12ClN3O3. The van der Waals surface area contributed by atoms with Gasteiger partial charge in [0.05, 0.1) is 12.3 Å². The van der Waals surface area contributed by atoms with Gasteiger partial charge < -0.3 is 9.84 Å². The third-order valence-corrected chi connectivity index (χ3v) is 3.05. The number of halogens is 1. The van der Waals surface area contributed by atoms with Gasteiger partial charge in [0, 0.05) is 12.1 Å². The minimum Gasteiger partial charge on any atom is -0.476 e. The van der Waals surface area contributed by atoms with Crippen LogP contribution in [0, 0.1) is 6.92 Å². The van der Waals surface area contributed by atoms with Gasteiger partial charge in [-0.15, -0.1) is 5.10 Å². The third-order valence-electron chi connectivity index (χ3n) is 2.65. The molecule has 7 heteroatoms. The lowest BCUT2D eigenvalue weighted by Crippen LogP contribution is -2.08. The van der Waals surface area contributed by atoms with E-state index < -0.39 is 5.97 Å². The first-order valence-electron chi connectivity index (χ1n) is 5.48. The quantitative estimate of drug-likeness (QED) is 0.928. The van der Waals surface area contributed by atoms with Crippen molar-refractivity contribution in [3.05, 3.63) is 40.2 Å². The topological polar surface area (TPSA) is 77.2 Å². The number of benzene rings is 1. The molecule has 1 aromatic heterocycles. The average Bonchev–Trinajstić information content (AvgIpc) is 2.77. The number of hydrogen-bond donors (Lipinski definition) is 1. The van der Waals surface area contributed by atoms with Crippen molar-refractivity contribution in [2.75, 3.05) is 7.11 Å². The molecule has 0 aliphatic carbocycles. The number of carboxylic acids is 1. The van der Waals surface area contributed by atoms with Gasteiger partial charge in [0.25, 0.3) is 0 Å². The molecule has 0 aliphatic rings. The summed E-state index contributed by atoms with van der Waals surface area (Å²) in [6, 6.07) is 5.33. The second-order valence-electron chi connectivity index (χ2n) is 3.97. The maximum atomic E-state index is 11.1. The first kappa shape index (κ1) is 13.5. The van der Waals surface area contributed by atoms with E-state index in [-0.39, 0.29) is 12.3 Å². The fourth-order valence-electron chi connectivity index (χ4n) is 1.65. The number of methoxy groups -OCH3 is 1. The number of ether oxygens (including phenoxy) is 1. The van der Waals surface area contributed by atoms with Crippen molar-refractivity contribution in [3.8, 4) is 5.69 Å². The van der Waals surface area contributed by atoms with Gasteiger partial charge in [0.1, 0.15) is 5.69 Å². The minimum absolute atomic E-state index is 0.0974. The minimum atomic E-state index is -1.14. The van der Waals surface area contributed by atoms with E-state index in [1.165, 1.54) is 11.8 Å². The lowest BCUT2D eigenvalue weighted by molar-refractivity contribution is 0.0685. The van der Waals surface area contributed by atoms with Gasteiger partial charge in [-0.1, -0.05) is 22.9 Å². The molecule has 1 aromatic carbocycles. The van der Waals surface area contributed by atoms with Crippen molar-refractivity contribution in [3.63, 3.8) is 0 Å². The molecule has 0 fully saturated rings. The molecule has 2 aromatic rings. The number of rotatable bonds is 4. The van der Waals surface area contributed by atoms with Gasteiger partial charge >= 0.3 is 5.97 Å². The highest BCUT2D eigenvalue weighted by molar-refractivity contribution is 6.31. The highest BCUT2D eigenvalue weighted by Crippen LogP contribution is 2.21. The Morgan fingerprint density at radius 3 is 2.84 bits per heavy atom. The number of aryl methyl sites for hydroxylation is 1. The van der Waals surface area contributed by atoms with Crippen molar-refractivity contribution in [2.24, 2.45) is 0 Å². The Labute approximate surface area is 114 Å². The van der Waals surface area contributed by atoms with Crippen LogP contribution in [0.2, 0.25) is 5.02 Å². The van der Waals surface area contributed by atoms with Crippen LogP contribution < -0.4 is 0 Å². The van der Waals surface area contributed by atoms with E-state index in [1.807, 2.05) is 13.0 Å².